The lowest BCUT2D eigenvalue weighted by Crippen LogP contribution is -2.35. The third kappa shape index (κ3) is 3.72. The van der Waals surface area contributed by atoms with Gasteiger partial charge >= 0.3 is 0 Å². The zero-order valence-electron chi connectivity index (χ0n) is 14.8. The maximum atomic E-state index is 12.6. The lowest BCUT2D eigenvalue weighted by Gasteiger charge is -2.26. The van der Waals surface area contributed by atoms with Gasteiger partial charge in [-0.25, -0.2) is 4.98 Å². The average Bonchev–Trinajstić information content (AvgIpc) is 3.34. The van der Waals surface area contributed by atoms with Crippen molar-refractivity contribution >= 4 is 29.3 Å². The van der Waals surface area contributed by atoms with Gasteiger partial charge < -0.3 is 13.9 Å². The Kier molecular flexibility index (Phi) is 5.18. The first-order chi connectivity index (χ1) is 13.1. The topological polar surface area (TPSA) is 77.1 Å². The highest BCUT2D eigenvalue weighted by atomic mass is 35.5. The van der Waals surface area contributed by atoms with Crippen LogP contribution in [0.5, 0.6) is 0 Å². The zero-order chi connectivity index (χ0) is 18.8. The quantitative estimate of drug-likeness (QED) is 0.657. The predicted octanol–water partition coefficient (Wildman–Crippen LogP) is 3.90. The van der Waals surface area contributed by atoms with Gasteiger partial charge in [0, 0.05) is 26.3 Å². The standard InChI is InChI=1S/C18H18ClN5O2S/c1-23-15(14-6-5-9-26-14)21-22-18(23)27-16-13(19)10-12(11-20-16)17(25)24-7-3-2-4-8-24/h5-6,9-11H,2-4,7-8H2,1H3. The lowest BCUT2D eigenvalue weighted by molar-refractivity contribution is 0.0724. The van der Waals surface area contributed by atoms with Crippen molar-refractivity contribution in [2.24, 2.45) is 7.05 Å². The molecule has 9 heteroatoms. The van der Waals surface area contributed by atoms with Gasteiger partial charge in [-0.3, -0.25) is 4.79 Å². The molecule has 0 N–H and O–H groups in total. The van der Waals surface area contributed by atoms with Crippen LogP contribution in [0.1, 0.15) is 29.6 Å². The van der Waals surface area contributed by atoms with Crippen molar-refractivity contribution in [3.05, 3.63) is 41.2 Å². The van der Waals surface area contributed by atoms with Crippen LogP contribution in [0.3, 0.4) is 0 Å². The number of halogens is 1. The van der Waals surface area contributed by atoms with Gasteiger partial charge in [-0.15, -0.1) is 10.2 Å². The highest BCUT2D eigenvalue weighted by Gasteiger charge is 2.21. The second kappa shape index (κ2) is 7.74. The molecule has 1 amide bonds. The zero-order valence-corrected chi connectivity index (χ0v) is 16.3. The number of aromatic nitrogens is 4. The maximum absolute atomic E-state index is 12.6. The number of hydrogen-bond donors (Lipinski definition) is 0. The first-order valence-corrected chi connectivity index (χ1v) is 9.89. The number of carbonyl (C=O) groups is 1. The molecule has 4 rings (SSSR count). The van der Waals surface area contributed by atoms with E-state index in [0.717, 1.165) is 25.9 Å². The van der Waals surface area contributed by atoms with E-state index in [1.54, 1.807) is 24.6 Å². The number of rotatable bonds is 4. The Morgan fingerprint density at radius 2 is 2.07 bits per heavy atom. The Balaban J connectivity index is 1.53. The largest absolute Gasteiger partial charge is 0.461 e. The number of amides is 1. The van der Waals surface area contributed by atoms with Gasteiger partial charge in [-0.2, -0.15) is 0 Å². The van der Waals surface area contributed by atoms with Crippen LogP contribution in [-0.2, 0) is 7.05 Å². The smallest absolute Gasteiger partial charge is 0.255 e. The molecule has 7 nitrogen and oxygen atoms in total. The molecule has 0 saturated carbocycles. The molecule has 0 spiro atoms. The number of furan rings is 1. The molecule has 1 aliphatic heterocycles. The van der Waals surface area contributed by atoms with E-state index in [1.165, 1.54) is 18.2 Å². The fourth-order valence-electron chi connectivity index (χ4n) is 3.01. The van der Waals surface area contributed by atoms with Gasteiger partial charge in [0.05, 0.1) is 16.8 Å². The fraction of sp³-hybridized carbons (Fsp3) is 0.333. The summed E-state index contributed by atoms with van der Waals surface area (Å²) in [5.74, 6) is 1.24. The predicted molar refractivity (Wildman–Crippen MR) is 102 cm³/mol. The highest BCUT2D eigenvalue weighted by molar-refractivity contribution is 7.99. The molecule has 3 aromatic rings. The van der Waals surface area contributed by atoms with Crippen LogP contribution >= 0.6 is 23.4 Å². The third-order valence-corrected chi connectivity index (χ3v) is 5.92. The van der Waals surface area contributed by atoms with Crippen LogP contribution in [0.4, 0.5) is 0 Å². The number of pyridine rings is 1. The van der Waals surface area contributed by atoms with Crippen LogP contribution < -0.4 is 0 Å². The van der Waals surface area contributed by atoms with Gasteiger partial charge in [-0.1, -0.05) is 11.6 Å². The van der Waals surface area contributed by atoms with Gasteiger partial charge in [0.15, 0.2) is 16.7 Å². The van der Waals surface area contributed by atoms with Crippen molar-refractivity contribution in [2.45, 2.75) is 29.4 Å². The normalized spacial score (nSPS) is 14.5. The number of piperidine rings is 1. The van der Waals surface area contributed by atoms with E-state index < -0.39 is 0 Å². The molecule has 0 bridgehead atoms. The summed E-state index contributed by atoms with van der Waals surface area (Å²) >= 11 is 7.69. The Morgan fingerprint density at radius 1 is 1.26 bits per heavy atom. The molecular weight excluding hydrogens is 386 g/mol. The Labute approximate surface area is 165 Å². The van der Waals surface area contributed by atoms with Gasteiger partial charge in [0.25, 0.3) is 5.91 Å². The van der Waals surface area contributed by atoms with E-state index in [1.807, 2.05) is 22.6 Å². The van der Waals surface area contributed by atoms with Crippen LogP contribution in [0.15, 0.2) is 45.3 Å². The van der Waals surface area contributed by atoms with Crippen molar-refractivity contribution in [1.29, 1.82) is 0 Å². The lowest BCUT2D eigenvalue weighted by atomic mass is 10.1. The molecule has 3 aromatic heterocycles. The Bertz CT molecular complexity index is 951. The number of nitrogens with zero attached hydrogens (tertiary/aromatic N) is 5. The molecule has 0 radical (unpaired) electrons. The van der Waals surface area contributed by atoms with Crippen LogP contribution in [-0.4, -0.2) is 43.6 Å². The summed E-state index contributed by atoms with van der Waals surface area (Å²) in [6.45, 7) is 1.59. The molecule has 0 unspecified atom stereocenters. The summed E-state index contributed by atoms with van der Waals surface area (Å²) < 4.78 is 7.18. The minimum absolute atomic E-state index is 0.0144. The van der Waals surface area contributed by atoms with E-state index >= 15 is 0 Å². The van der Waals surface area contributed by atoms with Gasteiger partial charge in [0.1, 0.15) is 5.03 Å². The second-order valence-electron chi connectivity index (χ2n) is 6.31. The molecule has 0 atom stereocenters. The summed E-state index contributed by atoms with van der Waals surface area (Å²) in [7, 11) is 1.85. The minimum atomic E-state index is -0.0144. The Hall–Kier alpha value is -2.32. The molecule has 1 aliphatic rings. The fourth-order valence-corrected chi connectivity index (χ4v) is 4.03. The van der Waals surface area contributed by atoms with Crippen LogP contribution in [0.2, 0.25) is 5.02 Å². The van der Waals surface area contributed by atoms with Crippen molar-refractivity contribution < 1.29 is 9.21 Å². The monoisotopic (exact) mass is 403 g/mol. The number of likely N-dealkylation sites (tertiary alicyclic amines) is 1. The molecule has 1 fully saturated rings. The summed E-state index contributed by atoms with van der Waals surface area (Å²) in [6.07, 6.45) is 6.44. The van der Waals surface area contributed by atoms with Gasteiger partial charge in [-0.05, 0) is 49.2 Å². The van der Waals surface area contributed by atoms with E-state index in [9.17, 15) is 4.79 Å². The summed E-state index contributed by atoms with van der Waals surface area (Å²) in [4.78, 5) is 18.8. The second-order valence-corrected chi connectivity index (χ2v) is 7.67. The molecule has 4 heterocycles. The SMILES string of the molecule is Cn1c(Sc2ncc(C(=O)N3CCCCC3)cc2Cl)nnc1-c1ccco1. The van der Waals surface area contributed by atoms with E-state index in [2.05, 4.69) is 15.2 Å². The van der Waals surface area contributed by atoms with E-state index in [0.29, 0.717) is 32.4 Å². The average molecular weight is 404 g/mol. The van der Waals surface area contributed by atoms with Crippen molar-refractivity contribution in [3.63, 3.8) is 0 Å². The number of carbonyl (C=O) groups excluding carboxylic acids is 1. The minimum Gasteiger partial charge on any atom is -0.461 e. The Morgan fingerprint density at radius 3 is 2.78 bits per heavy atom. The molecule has 27 heavy (non-hydrogen) atoms. The van der Waals surface area contributed by atoms with Crippen molar-refractivity contribution in [1.82, 2.24) is 24.6 Å². The molecule has 140 valence electrons. The summed E-state index contributed by atoms with van der Waals surface area (Å²) in [6, 6.07) is 5.30. The molecule has 1 saturated heterocycles. The maximum Gasteiger partial charge on any atom is 0.255 e. The van der Waals surface area contributed by atoms with E-state index in [-0.39, 0.29) is 5.91 Å². The van der Waals surface area contributed by atoms with E-state index in [4.69, 9.17) is 16.0 Å². The van der Waals surface area contributed by atoms with Crippen molar-refractivity contribution in [3.8, 4) is 11.6 Å². The highest BCUT2D eigenvalue weighted by Crippen LogP contribution is 2.32. The van der Waals surface area contributed by atoms with Crippen LogP contribution in [0, 0.1) is 0 Å². The summed E-state index contributed by atoms with van der Waals surface area (Å²) in [5.41, 5.74) is 0.514. The van der Waals surface area contributed by atoms with Crippen LogP contribution in [0.25, 0.3) is 11.6 Å². The third-order valence-electron chi connectivity index (χ3n) is 4.46. The first-order valence-electron chi connectivity index (χ1n) is 8.69. The van der Waals surface area contributed by atoms with Crippen molar-refractivity contribution in [2.75, 3.05) is 13.1 Å². The molecule has 0 aromatic carbocycles. The number of hydrogen-bond acceptors (Lipinski definition) is 6. The first kappa shape index (κ1) is 18.1. The van der Waals surface area contributed by atoms with Gasteiger partial charge in [0.2, 0.25) is 0 Å². The molecule has 0 aliphatic carbocycles. The molecular formula is C18H18ClN5O2S. The summed E-state index contributed by atoms with van der Waals surface area (Å²) in [5, 5.41) is 9.97.